The Hall–Kier alpha value is -2.88. The highest BCUT2D eigenvalue weighted by atomic mass is 32.2. The molecule has 1 aliphatic heterocycles. The highest BCUT2D eigenvalue weighted by Crippen LogP contribution is 2.34. The molecule has 0 saturated carbocycles. The zero-order valence-electron chi connectivity index (χ0n) is 18.8. The van der Waals surface area contributed by atoms with Crippen LogP contribution in [-0.2, 0) is 11.3 Å². The van der Waals surface area contributed by atoms with Gasteiger partial charge in [-0.3, -0.25) is 19.1 Å². The number of rotatable bonds is 8. The number of aromatic nitrogens is 2. The molecule has 10 heteroatoms. The third kappa shape index (κ3) is 5.48. The van der Waals surface area contributed by atoms with Crippen molar-refractivity contribution in [1.82, 2.24) is 9.55 Å². The Kier molecular flexibility index (Phi) is 7.55. The number of carbonyl (C=O) groups is 1. The van der Waals surface area contributed by atoms with E-state index >= 15 is 0 Å². The minimum Gasteiger partial charge on any atom is -0.486 e. The monoisotopic (exact) mass is 462 g/mol. The molecule has 0 aliphatic carbocycles. The summed E-state index contributed by atoms with van der Waals surface area (Å²) in [6.07, 6.45) is 0. The lowest BCUT2D eigenvalue weighted by Crippen LogP contribution is -2.43. The van der Waals surface area contributed by atoms with Crippen molar-refractivity contribution in [3.8, 4) is 11.5 Å². The van der Waals surface area contributed by atoms with Crippen molar-refractivity contribution in [2.24, 2.45) is 11.8 Å². The molecular weight excluding hydrogens is 432 g/mol. The molecule has 1 aromatic carbocycles. The maximum Gasteiger partial charge on any atom is 0.330 e. The summed E-state index contributed by atoms with van der Waals surface area (Å²) in [6, 6.07) is 5.52. The lowest BCUT2D eigenvalue weighted by molar-refractivity contribution is -0.116. The lowest BCUT2D eigenvalue weighted by atomic mass is 10.2. The quantitative estimate of drug-likeness (QED) is 0.578. The molecule has 1 aliphatic rings. The molecule has 0 bridgehead atoms. The van der Waals surface area contributed by atoms with Gasteiger partial charge in [-0.05, 0) is 30.0 Å². The molecule has 0 fully saturated rings. The van der Waals surface area contributed by atoms with Crippen LogP contribution < -0.4 is 31.4 Å². The van der Waals surface area contributed by atoms with Crippen molar-refractivity contribution in [2.75, 3.05) is 36.1 Å². The van der Waals surface area contributed by atoms with Gasteiger partial charge in [0.25, 0.3) is 5.56 Å². The fraction of sp³-hybridized carbons (Fsp3) is 0.500. The third-order valence-electron chi connectivity index (χ3n) is 4.76. The van der Waals surface area contributed by atoms with E-state index in [-0.39, 0.29) is 35.0 Å². The Balaban J connectivity index is 1.87. The summed E-state index contributed by atoms with van der Waals surface area (Å²) in [5, 5.41) is 0. The minimum atomic E-state index is -0.661. The first-order valence-electron chi connectivity index (χ1n) is 10.6. The predicted molar refractivity (Wildman–Crippen MR) is 126 cm³/mol. The normalized spacial score (nSPS) is 12.9. The molecule has 1 aromatic heterocycles. The van der Waals surface area contributed by atoms with Crippen molar-refractivity contribution in [3.05, 3.63) is 39.0 Å². The van der Waals surface area contributed by atoms with E-state index in [0.29, 0.717) is 37.8 Å². The van der Waals surface area contributed by atoms with E-state index < -0.39 is 11.2 Å². The van der Waals surface area contributed by atoms with E-state index in [1.54, 1.807) is 0 Å². The van der Waals surface area contributed by atoms with Gasteiger partial charge in [-0.15, -0.1) is 11.8 Å². The molecule has 2 aromatic rings. The second-order valence-electron chi connectivity index (χ2n) is 8.49. The number of carbonyl (C=O) groups excluding carboxylic acids is 1. The molecule has 0 unspecified atom stereocenters. The van der Waals surface area contributed by atoms with Gasteiger partial charge in [-0.25, -0.2) is 4.79 Å². The summed E-state index contributed by atoms with van der Waals surface area (Å²) in [6.45, 7) is 9.41. The van der Waals surface area contributed by atoms with E-state index in [4.69, 9.17) is 15.2 Å². The first-order valence-corrected chi connectivity index (χ1v) is 11.6. The van der Waals surface area contributed by atoms with Crippen molar-refractivity contribution in [2.45, 2.75) is 39.1 Å². The highest BCUT2D eigenvalue weighted by Gasteiger charge is 2.25. The van der Waals surface area contributed by atoms with Gasteiger partial charge in [0.15, 0.2) is 17.2 Å². The summed E-state index contributed by atoms with van der Waals surface area (Å²) in [4.78, 5) is 42.7. The van der Waals surface area contributed by atoms with Crippen LogP contribution in [0.4, 0.5) is 11.5 Å². The van der Waals surface area contributed by atoms with Gasteiger partial charge in [0.2, 0.25) is 5.91 Å². The van der Waals surface area contributed by atoms with Crippen LogP contribution in [0.1, 0.15) is 27.7 Å². The Morgan fingerprint density at radius 1 is 1.16 bits per heavy atom. The van der Waals surface area contributed by atoms with Crippen LogP contribution in [0.15, 0.2) is 32.7 Å². The molecule has 0 radical (unpaired) electrons. The average molecular weight is 463 g/mol. The molecule has 9 nitrogen and oxygen atoms in total. The molecule has 2 heterocycles. The van der Waals surface area contributed by atoms with Crippen molar-refractivity contribution < 1.29 is 14.3 Å². The number of hydrogen-bond acceptors (Lipinski definition) is 7. The highest BCUT2D eigenvalue weighted by molar-refractivity contribution is 8.00. The molecule has 32 heavy (non-hydrogen) atoms. The van der Waals surface area contributed by atoms with E-state index in [0.717, 1.165) is 4.90 Å². The number of benzene rings is 1. The van der Waals surface area contributed by atoms with Crippen LogP contribution in [0.5, 0.6) is 11.5 Å². The standard InChI is InChI=1S/C22H30N4O5S/c1-13(2)10-25(19-20(23)26(11-14(3)4)22(29)24-21(19)28)18(27)12-32-15-5-6-16-17(9-15)31-8-7-30-16/h5-6,9,13-14H,7-8,10-12,23H2,1-4H3,(H,24,28,29). The van der Waals surface area contributed by atoms with E-state index in [1.165, 1.54) is 21.2 Å². The first kappa shape index (κ1) is 23.8. The Morgan fingerprint density at radius 3 is 2.50 bits per heavy atom. The van der Waals surface area contributed by atoms with Crippen molar-refractivity contribution in [1.29, 1.82) is 0 Å². The minimum absolute atomic E-state index is 0.00535. The van der Waals surface area contributed by atoms with Gasteiger partial charge >= 0.3 is 5.69 Å². The number of ether oxygens (including phenoxy) is 2. The molecule has 0 saturated heterocycles. The summed E-state index contributed by atoms with van der Waals surface area (Å²) in [5.41, 5.74) is 5.03. The number of amides is 1. The SMILES string of the molecule is CC(C)CN(C(=O)CSc1ccc2c(c1)OCCO2)c1c(N)n(CC(C)C)c(=O)[nH]c1=O. The van der Waals surface area contributed by atoms with Gasteiger partial charge in [-0.2, -0.15) is 0 Å². The summed E-state index contributed by atoms with van der Waals surface area (Å²) < 4.78 is 12.4. The number of aromatic amines is 1. The second kappa shape index (κ2) is 10.2. The number of nitrogens with zero attached hydrogens (tertiary/aromatic N) is 2. The largest absolute Gasteiger partial charge is 0.486 e. The number of anilines is 2. The van der Waals surface area contributed by atoms with Crippen LogP contribution in [0, 0.1) is 11.8 Å². The third-order valence-corrected chi connectivity index (χ3v) is 5.74. The number of nitrogens with one attached hydrogen (secondary N) is 1. The number of hydrogen-bond donors (Lipinski definition) is 2. The molecular formula is C22H30N4O5S. The zero-order chi connectivity index (χ0) is 23.4. The van der Waals surface area contributed by atoms with E-state index in [2.05, 4.69) is 4.98 Å². The Morgan fingerprint density at radius 2 is 1.84 bits per heavy atom. The number of nitrogens with two attached hydrogens (primary N) is 1. The number of fused-ring (bicyclic) bond motifs is 1. The van der Waals surface area contributed by atoms with Gasteiger partial charge in [-0.1, -0.05) is 27.7 Å². The Bertz CT molecular complexity index is 1090. The van der Waals surface area contributed by atoms with E-state index in [1.807, 2.05) is 45.9 Å². The fourth-order valence-corrected chi connectivity index (χ4v) is 4.20. The number of nitrogen functional groups attached to an aromatic ring is 1. The van der Waals surface area contributed by atoms with Gasteiger partial charge < -0.3 is 20.1 Å². The average Bonchev–Trinajstić information content (AvgIpc) is 2.73. The lowest BCUT2D eigenvalue weighted by Gasteiger charge is -2.26. The number of thioether (sulfide) groups is 1. The topological polar surface area (TPSA) is 120 Å². The van der Waals surface area contributed by atoms with Crippen LogP contribution in [-0.4, -0.2) is 41.0 Å². The Labute approximate surface area is 190 Å². The summed E-state index contributed by atoms with van der Waals surface area (Å²) in [5.74, 6) is 1.37. The van der Waals surface area contributed by atoms with Gasteiger partial charge in [0, 0.05) is 18.0 Å². The summed E-state index contributed by atoms with van der Waals surface area (Å²) in [7, 11) is 0. The van der Waals surface area contributed by atoms with Crippen LogP contribution in [0.25, 0.3) is 0 Å². The van der Waals surface area contributed by atoms with Crippen molar-refractivity contribution in [3.63, 3.8) is 0 Å². The molecule has 174 valence electrons. The summed E-state index contributed by atoms with van der Waals surface area (Å²) >= 11 is 1.33. The maximum atomic E-state index is 13.2. The smallest absolute Gasteiger partial charge is 0.330 e. The maximum absolute atomic E-state index is 13.2. The van der Waals surface area contributed by atoms with Crippen LogP contribution in [0.3, 0.4) is 0 Å². The molecule has 1 amide bonds. The van der Waals surface area contributed by atoms with Crippen LogP contribution in [0.2, 0.25) is 0 Å². The first-order chi connectivity index (χ1) is 15.2. The van der Waals surface area contributed by atoms with Crippen LogP contribution >= 0.6 is 11.8 Å². The molecule has 3 N–H and O–H groups in total. The van der Waals surface area contributed by atoms with E-state index in [9.17, 15) is 14.4 Å². The van der Waals surface area contributed by atoms with Gasteiger partial charge in [0.1, 0.15) is 19.0 Å². The van der Waals surface area contributed by atoms with Crippen molar-refractivity contribution >= 4 is 29.2 Å². The second-order valence-corrected chi connectivity index (χ2v) is 9.54. The molecule has 0 atom stereocenters. The molecule has 0 spiro atoms. The zero-order valence-corrected chi connectivity index (χ0v) is 19.7. The molecule has 3 rings (SSSR count). The number of H-pyrrole nitrogens is 1. The predicted octanol–water partition coefficient (Wildman–Crippen LogP) is 2.33. The fourth-order valence-electron chi connectivity index (χ4n) is 3.40. The van der Waals surface area contributed by atoms with Gasteiger partial charge in [0.05, 0.1) is 5.75 Å².